The van der Waals surface area contributed by atoms with Gasteiger partial charge in [0.15, 0.2) is 0 Å². The summed E-state index contributed by atoms with van der Waals surface area (Å²) in [6.07, 6.45) is 4.03. The molecule has 0 saturated carbocycles. The molecular weight excluding hydrogens is 506 g/mol. The molecule has 1 amide bonds. The average molecular weight is 540 g/mol. The van der Waals surface area contributed by atoms with Gasteiger partial charge in [-0.1, -0.05) is 74.1 Å². The van der Waals surface area contributed by atoms with E-state index < -0.39 is 0 Å². The van der Waals surface area contributed by atoms with Gasteiger partial charge < -0.3 is 9.64 Å². The molecule has 1 unspecified atom stereocenters. The van der Waals surface area contributed by atoms with Crippen LogP contribution in [0.2, 0.25) is 0 Å². The van der Waals surface area contributed by atoms with Gasteiger partial charge in [-0.05, 0) is 70.6 Å². The van der Waals surface area contributed by atoms with Crippen LogP contribution in [0.15, 0.2) is 84.0 Å². The van der Waals surface area contributed by atoms with Crippen LogP contribution in [0, 0.1) is 0 Å². The Morgan fingerprint density at radius 2 is 1.64 bits per heavy atom. The summed E-state index contributed by atoms with van der Waals surface area (Å²) in [6, 6.07) is 26.7. The summed E-state index contributed by atoms with van der Waals surface area (Å²) < 4.78 is 8.26. The number of benzene rings is 3. The highest BCUT2D eigenvalue weighted by Gasteiger charge is 2.44. The Balaban J connectivity index is 1.08. The fourth-order valence-corrected chi connectivity index (χ4v) is 6.69. The van der Waals surface area contributed by atoms with Crippen LogP contribution >= 0.6 is 11.8 Å². The second kappa shape index (κ2) is 11.2. The van der Waals surface area contributed by atoms with Crippen molar-refractivity contribution in [3.8, 4) is 11.4 Å². The van der Waals surface area contributed by atoms with Gasteiger partial charge in [0.05, 0.1) is 5.69 Å². The summed E-state index contributed by atoms with van der Waals surface area (Å²) in [6.45, 7) is 4.40. The topological polar surface area (TPSA) is 73.1 Å². The number of piperidine rings is 1. The first kappa shape index (κ1) is 25.6. The molecule has 7 nitrogen and oxygen atoms in total. The third-order valence-corrected chi connectivity index (χ3v) is 8.76. The molecule has 2 aliphatic heterocycles. The molecule has 2 bridgehead atoms. The van der Waals surface area contributed by atoms with Crippen LogP contribution in [0.4, 0.5) is 0 Å². The molecule has 0 aliphatic carbocycles. The lowest BCUT2D eigenvalue weighted by atomic mass is 9.97. The highest BCUT2D eigenvalue weighted by Crippen LogP contribution is 2.39. The first-order chi connectivity index (χ1) is 19.1. The minimum absolute atomic E-state index is 0.135. The minimum atomic E-state index is 0.135. The van der Waals surface area contributed by atoms with Gasteiger partial charge in [0.25, 0.3) is 5.91 Å². The van der Waals surface area contributed by atoms with E-state index in [1.165, 1.54) is 5.56 Å². The largest absolute Gasteiger partial charge is 0.490 e. The number of carbonyl (C=O) groups excluding carboxylic acids is 1. The smallest absolute Gasteiger partial charge is 0.254 e. The Labute approximate surface area is 233 Å². The second-order valence-corrected chi connectivity index (χ2v) is 11.6. The fraction of sp³-hybridized carbons (Fsp3) is 0.355. The van der Waals surface area contributed by atoms with Gasteiger partial charge in [-0.15, -0.1) is 5.10 Å². The van der Waals surface area contributed by atoms with Crippen LogP contribution in [-0.2, 0) is 5.75 Å². The van der Waals surface area contributed by atoms with Crippen molar-refractivity contribution in [1.29, 1.82) is 0 Å². The monoisotopic (exact) mass is 539 g/mol. The Morgan fingerprint density at radius 1 is 0.949 bits per heavy atom. The normalized spacial score (nSPS) is 20.4. The third-order valence-electron chi connectivity index (χ3n) is 7.77. The minimum Gasteiger partial charge on any atom is -0.490 e. The number of hydrogen-bond donors (Lipinski definition) is 0. The van der Waals surface area contributed by atoms with Gasteiger partial charge in [0.1, 0.15) is 11.9 Å². The molecule has 2 aliphatic rings. The molecule has 8 heteroatoms. The molecule has 39 heavy (non-hydrogen) atoms. The molecule has 0 radical (unpaired) electrons. The van der Waals surface area contributed by atoms with E-state index in [0.717, 1.165) is 53.4 Å². The van der Waals surface area contributed by atoms with Crippen molar-refractivity contribution >= 4 is 17.7 Å². The van der Waals surface area contributed by atoms with Gasteiger partial charge in [0, 0.05) is 36.2 Å². The molecule has 3 atom stereocenters. The molecule has 6 rings (SSSR count). The van der Waals surface area contributed by atoms with Crippen molar-refractivity contribution < 1.29 is 9.53 Å². The highest BCUT2D eigenvalue weighted by atomic mass is 32.2. The number of amides is 1. The summed E-state index contributed by atoms with van der Waals surface area (Å²) in [5.74, 6) is 2.26. The number of ether oxygens (including phenoxy) is 1. The summed E-state index contributed by atoms with van der Waals surface area (Å²) >= 11 is 1.58. The standard InChI is InChI=1S/C31H33N5O2S/c1-21(2)28-10-6-7-11-29(28)38-27-18-25-16-17-26(19-27)35(25)30(37)23-14-12-22(13-15-23)20-39-31-32-33-34-36(31)24-8-4-3-5-9-24/h3-15,21,25-27H,16-20H2,1-2H3/t25-,26+,27?. The van der Waals surface area contributed by atoms with E-state index in [9.17, 15) is 4.79 Å². The predicted octanol–water partition coefficient (Wildman–Crippen LogP) is 6.29. The van der Waals surface area contributed by atoms with Crippen molar-refractivity contribution in [3.63, 3.8) is 0 Å². The highest BCUT2D eigenvalue weighted by molar-refractivity contribution is 7.98. The fourth-order valence-electron chi connectivity index (χ4n) is 5.84. The maximum Gasteiger partial charge on any atom is 0.254 e. The van der Waals surface area contributed by atoms with Crippen LogP contribution in [0.5, 0.6) is 5.75 Å². The van der Waals surface area contributed by atoms with E-state index >= 15 is 0 Å². The number of nitrogens with zero attached hydrogens (tertiary/aromatic N) is 5. The van der Waals surface area contributed by atoms with Crippen molar-refractivity contribution in [3.05, 3.63) is 95.6 Å². The molecular formula is C31H33N5O2S. The zero-order valence-electron chi connectivity index (χ0n) is 22.3. The lowest BCUT2D eigenvalue weighted by Gasteiger charge is -2.39. The number of hydrogen-bond acceptors (Lipinski definition) is 6. The quantitative estimate of drug-likeness (QED) is 0.245. The van der Waals surface area contributed by atoms with E-state index in [-0.39, 0.29) is 24.1 Å². The van der Waals surface area contributed by atoms with Gasteiger partial charge in [-0.3, -0.25) is 4.79 Å². The van der Waals surface area contributed by atoms with Crippen molar-refractivity contribution in [1.82, 2.24) is 25.1 Å². The van der Waals surface area contributed by atoms with Crippen LogP contribution in [-0.4, -0.2) is 49.2 Å². The predicted molar refractivity (Wildman–Crippen MR) is 152 cm³/mol. The first-order valence-electron chi connectivity index (χ1n) is 13.7. The van der Waals surface area contributed by atoms with E-state index in [4.69, 9.17) is 4.74 Å². The number of para-hydroxylation sites is 2. The molecule has 4 aromatic rings. The third kappa shape index (κ3) is 5.43. The summed E-state index contributed by atoms with van der Waals surface area (Å²) in [5, 5.41) is 12.9. The number of rotatable bonds is 8. The van der Waals surface area contributed by atoms with Gasteiger partial charge in [0.2, 0.25) is 5.16 Å². The van der Waals surface area contributed by atoms with Crippen LogP contribution in [0.3, 0.4) is 0 Å². The molecule has 3 aromatic carbocycles. The van der Waals surface area contributed by atoms with Gasteiger partial charge in [-0.2, -0.15) is 4.68 Å². The summed E-state index contributed by atoms with van der Waals surface area (Å²) in [5.41, 5.74) is 4.05. The van der Waals surface area contributed by atoms with Crippen molar-refractivity contribution in [2.24, 2.45) is 0 Å². The van der Waals surface area contributed by atoms with E-state index in [1.54, 1.807) is 16.4 Å². The number of carbonyl (C=O) groups is 1. The van der Waals surface area contributed by atoms with Crippen molar-refractivity contribution in [2.75, 3.05) is 0 Å². The molecule has 1 aromatic heterocycles. The number of tetrazole rings is 1. The van der Waals surface area contributed by atoms with Crippen LogP contribution < -0.4 is 4.74 Å². The number of aromatic nitrogens is 4. The zero-order chi connectivity index (χ0) is 26.8. The molecule has 0 spiro atoms. The zero-order valence-corrected chi connectivity index (χ0v) is 23.1. The number of fused-ring (bicyclic) bond motifs is 2. The maximum absolute atomic E-state index is 13.6. The molecule has 200 valence electrons. The van der Waals surface area contributed by atoms with Gasteiger partial charge in [-0.25, -0.2) is 0 Å². The Kier molecular flexibility index (Phi) is 7.37. The summed E-state index contributed by atoms with van der Waals surface area (Å²) in [7, 11) is 0. The van der Waals surface area contributed by atoms with Crippen LogP contribution in [0.1, 0.15) is 66.9 Å². The molecule has 3 heterocycles. The average Bonchev–Trinajstić information content (AvgIpc) is 3.54. The maximum atomic E-state index is 13.6. The van der Waals surface area contributed by atoms with E-state index in [1.807, 2.05) is 60.7 Å². The second-order valence-electron chi connectivity index (χ2n) is 10.7. The van der Waals surface area contributed by atoms with E-state index in [0.29, 0.717) is 11.7 Å². The van der Waals surface area contributed by atoms with E-state index in [2.05, 4.69) is 52.5 Å². The van der Waals surface area contributed by atoms with Crippen LogP contribution in [0.25, 0.3) is 5.69 Å². The first-order valence-corrected chi connectivity index (χ1v) is 14.7. The Morgan fingerprint density at radius 3 is 2.36 bits per heavy atom. The summed E-state index contributed by atoms with van der Waals surface area (Å²) in [4.78, 5) is 15.7. The molecule has 0 N–H and O–H groups in total. The number of thioether (sulfide) groups is 1. The van der Waals surface area contributed by atoms with Gasteiger partial charge >= 0.3 is 0 Å². The molecule has 2 saturated heterocycles. The Hall–Kier alpha value is -3.65. The molecule has 2 fully saturated rings. The lowest BCUT2D eigenvalue weighted by Crippen LogP contribution is -2.49. The lowest BCUT2D eigenvalue weighted by molar-refractivity contribution is 0.0356. The Bertz CT molecular complexity index is 1410. The SMILES string of the molecule is CC(C)c1ccccc1OC1C[C@H]2CC[C@@H](C1)N2C(=O)c1ccc(CSc2nnnn2-c2ccccc2)cc1. The van der Waals surface area contributed by atoms with Crippen molar-refractivity contribution in [2.45, 2.75) is 74.5 Å².